The maximum Gasteiger partial charge on any atom is 0.236 e. The minimum absolute atomic E-state index is 0.169. The largest absolute Gasteiger partial charge is 0.396 e. The van der Waals surface area contributed by atoms with Crippen molar-refractivity contribution in [3.63, 3.8) is 0 Å². The molecule has 0 spiro atoms. The van der Waals surface area contributed by atoms with Gasteiger partial charge in [-0.15, -0.1) is 11.8 Å². The van der Waals surface area contributed by atoms with E-state index in [1.807, 2.05) is 14.0 Å². The molecule has 4 heteroatoms. The van der Waals surface area contributed by atoms with E-state index in [9.17, 15) is 4.79 Å². The monoisotopic (exact) mass is 243 g/mol. The summed E-state index contributed by atoms with van der Waals surface area (Å²) in [5, 5.41) is 9.11. The normalized spacial score (nSPS) is 17.1. The summed E-state index contributed by atoms with van der Waals surface area (Å²) in [6.07, 6.45) is 6.20. The molecule has 1 unspecified atom stereocenters. The van der Waals surface area contributed by atoms with Gasteiger partial charge in [-0.3, -0.25) is 4.79 Å². The lowest BCUT2D eigenvalue weighted by Crippen LogP contribution is -2.27. The van der Waals surface area contributed by atoms with Gasteiger partial charge in [-0.25, -0.2) is 0 Å². The van der Waals surface area contributed by atoms with Crippen molar-refractivity contribution in [3.8, 4) is 0 Å². The molecule has 0 heterocycles. The zero-order valence-electron chi connectivity index (χ0n) is 10.1. The highest BCUT2D eigenvalue weighted by Crippen LogP contribution is 2.22. The molecule has 1 N–H and O–H groups in total. The van der Waals surface area contributed by atoms with Gasteiger partial charge in [0.1, 0.15) is 0 Å². The first-order valence-corrected chi connectivity index (χ1v) is 6.88. The van der Waals surface area contributed by atoms with E-state index in [0.29, 0.717) is 11.0 Å². The summed E-state index contributed by atoms with van der Waals surface area (Å²) in [5.41, 5.74) is 1.17. The van der Waals surface area contributed by atoms with Crippen molar-refractivity contribution >= 4 is 17.7 Å². The molecule has 0 fully saturated rings. The number of amides is 1. The van der Waals surface area contributed by atoms with Crippen LogP contribution in [-0.4, -0.2) is 40.6 Å². The first-order chi connectivity index (χ1) is 7.65. The Kier molecular flexibility index (Phi) is 5.91. The summed E-state index contributed by atoms with van der Waals surface area (Å²) in [6.45, 7) is 2.24. The molecule has 0 saturated heterocycles. The third-order valence-electron chi connectivity index (χ3n) is 2.85. The molecular formula is C12H21NO2S. The fourth-order valence-corrected chi connectivity index (χ4v) is 2.59. The number of aliphatic hydroxyl groups is 1. The molecule has 0 aromatic heterocycles. The Morgan fingerprint density at radius 1 is 1.69 bits per heavy atom. The van der Waals surface area contributed by atoms with Crippen LogP contribution in [0.3, 0.4) is 0 Å². The Hall–Kier alpha value is -0.480. The predicted octanol–water partition coefficient (Wildman–Crippen LogP) is 2.02. The van der Waals surface area contributed by atoms with E-state index in [0.717, 1.165) is 19.3 Å². The number of aliphatic hydroxyl groups excluding tert-OH is 1. The Balaban J connectivity index is 2.28. The second-order valence-electron chi connectivity index (χ2n) is 4.17. The van der Waals surface area contributed by atoms with Gasteiger partial charge >= 0.3 is 0 Å². The van der Waals surface area contributed by atoms with Gasteiger partial charge in [0.2, 0.25) is 5.91 Å². The molecule has 16 heavy (non-hydrogen) atoms. The maximum atomic E-state index is 11.8. The first-order valence-electron chi connectivity index (χ1n) is 5.83. The Bertz CT molecular complexity index is 266. The van der Waals surface area contributed by atoms with Crippen molar-refractivity contribution in [2.75, 3.05) is 19.4 Å². The van der Waals surface area contributed by atoms with E-state index >= 15 is 0 Å². The van der Waals surface area contributed by atoms with Crippen molar-refractivity contribution in [2.24, 2.45) is 0 Å². The summed E-state index contributed by atoms with van der Waals surface area (Å²) in [7, 11) is 1.86. The SMILES string of the molecule is CC(CCO)SCC(=O)N(C)C1=CCCC1. The molecule has 1 amide bonds. The molecule has 1 atom stereocenters. The van der Waals surface area contributed by atoms with Gasteiger partial charge < -0.3 is 10.0 Å². The number of allylic oxidation sites excluding steroid dienone is 2. The molecule has 0 aliphatic heterocycles. The minimum Gasteiger partial charge on any atom is -0.396 e. The van der Waals surface area contributed by atoms with Crippen LogP contribution in [0.2, 0.25) is 0 Å². The third-order valence-corrected chi connectivity index (χ3v) is 4.07. The Labute approximate surface area is 102 Å². The van der Waals surface area contributed by atoms with Gasteiger partial charge in [0.15, 0.2) is 0 Å². The van der Waals surface area contributed by atoms with Gasteiger partial charge in [-0.1, -0.05) is 13.0 Å². The smallest absolute Gasteiger partial charge is 0.236 e. The van der Waals surface area contributed by atoms with Crippen LogP contribution in [0.25, 0.3) is 0 Å². The molecule has 1 rings (SSSR count). The molecule has 1 aliphatic rings. The maximum absolute atomic E-state index is 11.8. The van der Waals surface area contributed by atoms with Gasteiger partial charge in [0, 0.05) is 24.6 Å². The number of hydrogen-bond donors (Lipinski definition) is 1. The van der Waals surface area contributed by atoms with Gasteiger partial charge in [0.25, 0.3) is 0 Å². The van der Waals surface area contributed by atoms with Gasteiger partial charge in [-0.05, 0) is 25.7 Å². The van der Waals surface area contributed by atoms with Crippen LogP contribution in [0.5, 0.6) is 0 Å². The molecule has 0 aromatic carbocycles. The zero-order valence-corrected chi connectivity index (χ0v) is 10.9. The minimum atomic E-state index is 0.169. The van der Waals surface area contributed by atoms with Crippen molar-refractivity contribution in [3.05, 3.63) is 11.8 Å². The summed E-state index contributed by atoms with van der Waals surface area (Å²) in [5.74, 6) is 0.678. The zero-order chi connectivity index (χ0) is 12.0. The van der Waals surface area contributed by atoms with E-state index in [-0.39, 0.29) is 12.5 Å². The van der Waals surface area contributed by atoms with Crippen LogP contribution < -0.4 is 0 Å². The molecule has 1 aliphatic carbocycles. The standard InChI is InChI=1S/C12H21NO2S/c1-10(7-8-14)16-9-12(15)13(2)11-5-3-4-6-11/h5,10,14H,3-4,6-9H2,1-2H3. The highest BCUT2D eigenvalue weighted by atomic mass is 32.2. The van der Waals surface area contributed by atoms with Crippen LogP contribution >= 0.6 is 11.8 Å². The van der Waals surface area contributed by atoms with Crippen LogP contribution in [0.15, 0.2) is 11.8 Å². The Morgan fingerprint density at radius 3 is 3.00 bits per heavy atom. The molecule has 0 aromatic rings. The molecule has 0 saturated carbocycles. The van der Waals surface area contributed by atoms with Gasteiger partial charge in [-0.2, -0.15) is 0 Å². The average Bonchev–Trinajstić information content (AvgIpc) is 2.78. The van der Waals surface area contributed by atoms with E-state index < -0.39 is 0 Å². The second-order valence-corrected chi connectivity index (χ2v) is 5.60. The number of carbonyl (C=O) groups is 1. The van der Waals surface area contributed by atoms with Crippen LogP contribution in [0, 0.1) is 0 Å². The number of thioether (sulfide) groups is 1. The topological polar surface area (TPSA) is 40.5 Å². The highest BCUT2D eigenvalue weighted by Gasteiger charge is 2.16. The van der Waals surface area contributed by atoms with Crippen LogP contribution in [0.1, 0.15) is 32.6 Å². The fourth-order valence-electron chi connectivity index (χ4n) is 1.69. The summed E-state index contributed by atoms with van der Waals surface area (Å²) in [6, 6.07) is 0. The molecule has 92 valence electrons. The number of nitrogens with zero attached hydrogens (tertiary/aromatic N) is 1. The average molecular weight is 243 g/mol. The summed E-state index contributed by atoms with van der Waals surface area (Å²) < 4.78 is 0. The summed E-state index contributed by atoms with van der Waals surface area (Å²) >= 11 is 1.62. The van der Waals surface area contributed by atoms with Crippen molar-refractivity contribution in [1.82, 2.24) is 4.90 Å². The predicted molar refractivity (Wildman–Crippen MR) is 68.3 cm³/mol. The third kappa shape index (κ3) is 4.18. The van der Waals surface area contributed by atoms with E-state index in [1.54, 1.807) is 16.7 Å². The van der Waals surface area contributed by atoms with Crippen molar-refractivity contribution in [1.29, 1.82) is 0 Å². The molecular weight excluding hydrogens is 222 g/mol. The van der Waals surface area contributed by atoms with E-state index in [2.05, 4.69) is 6.08 Å². The lowest BCUT2D eigenvalue weighted by molar-refractivity contribution is -0.125. The summed E-state index contributed by atoms with van der Waals surface area (Å²) in [4.78, 5) is 13.6. The molecule has 0 bridgehead atoms. The van der Waals surface area contributed by atoms with Gasteiger partial charge in [0.05, 0.1) is 5.75 Å². The molecule has 3 nitrogen and oxygen atoms in total. The lowest BCUT2D eigenvalue weighted by Gasteiger charge is -2.19. The van der Waals surface area contributed by atoms with Crippen molar-refractivity contribution in [2.45, 2.75) is 37.9 Å². The Morgan fingerprint density at radius 2 is 2.44 bits per heavy atom. The number of hydrogen-bond acceptors (Lipinski definition) is 3. The fraction of sp³-hybridized carbons (Fsp3) is 0.750. The van der Waals surface area contributed by atoms with E-state index in [1.165, 1.54) is 12.1 Å². The second kappa shape index (κ2) is 6.97. The van der Waals surface area contributed by atoms with Crippen LogP contribution in [0.4, 0.5) is 0 Å². The van der Waals surface area contributed by atoms with Crippen LogP contribution in [-0.2, 0) is 4.79 Å². The quantitative estimate of drug-likeness (QED) is 0.776. The lowest BCUT2D eigenvalue weighted by atomic mass is 10.3. The number of carbonyl (C=O) groups excluding carboxylic acids is 1. The van der Waals surface area contributed by atoms with E-state index in [4.69, 9.17) is 5.11 Å². The number of rotatable bonds is 6. The highest BCUT2D eigenvalue weighted by molar-refractivity contribution is 8.00. The van der Waals surface area contributed by atoms with Crippen molar-refractivity contribution < 1.29 is 9.90 Å². The first kappa shape index (κ1) is 13.6. The molecule has 0 radical (unpaired) electrons.